The van der Waals surface area contributed by atoms with Gasteiger partial charge in [-0.1, -0.05) is 18.2 Å². The van der Waals surface area contributed by atoms with E-state index in [-0.39, 0.29) is 12.0 Å². The number of aliphatic hydroxyl groups excluding tert-OH is 1. The van der Waals surface area contributed by atoms with Crippen molar-refractivity contribution in [3.8, 4) is 5.69 Å². The van der Waals surface area contributed by atoms with E-state index in [2.05, 4.69) is 5.10 Å². The summed E-state index contributed by atoms with van der Waals surface area (Å²) < 4.78 is 6.95. The molecule has 1 aromatic carbocycles. The number of β-amino-alcohol motifs (C(OH)–C–C–N with tert-alkyl or cyclic N) is 1. The van der Waals surface area contributed by atoms with Crippen LogP contribution in [0.25, 0.3) is 5.69 Å². The fourth-order valence-corrected chi connectivity index (χ4v) is 2.70. The normalized spacial score (nSPS) is 21.8. The molecule has 1 aliphatic heterocycles. The number of para-hydroxylation sites is 1. The largest absolute Gasteiger partial charge is 0.391 e. The molecule has 2 heterocycles. The van der Waals surface area contributed by atoms with E-state index in [1.165, 1.54) is 0 Å². The second kappa shape index (κ2) is 6.29. The molecule has 0 bridgehead atoms. The molecule has 2 aromatic rings. The summed E-state index contributed by atoms with van der Waals surface area (Å²) in [6, 6.07) is 9.62. The summed E-state index contributed by atoms with van der Waals surface area (Å²) in [6.45, 7) is 0.818. The van der Waals surface area contributed by atoms with Crippen molar-refractivity contribution in [2.75, 3.05) is 20.2 Å². The first-order valence-corrected chi connectivity index (χ1v) is 7.27. The maximum Gasteiger partial charge on any atom is 0.257 e. The maximum atomic E-state index is 12.6. The predicted molar refractivity (Wildman–Crippen MR) is 80.9 cm³/mol. The Kier molecular flexibility index (Phi) is 4.22. The van der Waals surface area contributed by atoms with Crippen molar-refractivity contribution >= 4 is 5.91 Å². The molecule has 3 rings (SSSR count). The van der Waals surface area contributed by atoms with Gasteiger partial charge in [0, 0.05) is 32.8 Å². The highest BCUT2D eigenvalue weighted by atomic mass is 16.5. The number of ether oxygens (including phenoxy) is 1. The lowest BCUT2D eigenvalue weighted by Crippen LogP contribution is -2.48. The molecule has 6 heteroatoms. The van der Waals surface area contributed by atoms with E-state index in [1.54, 1.807) is 29.1 Å². The first-order chi connectivity index (χ1) is 10.7. The third kappa shape index (κ3) is 3.03. The fraction of sp³-hybridized carbons (Fsp3) is 0.375. The number of aromatic nitrogens is 2. The number of benzene rings is 1. The highest BCUT2D eigenvalue weighted by Gasteiger charge is 2.30. The Morgan fingerprint density at radius 2 is 2.09 bits per heavy atom. The van der Waals surface area contributed by atoms with Gasteiger partial charge < -0.3 is 14.7 Å². The van der Waals surface area contributed by atoms with E-state index in [0.29, 0.717) is 25.1 Å². The number of nitrogens with zero attached hydrogens (tertiary/aromatic N) is 3. The Hall–Kier alpha value is -2.18. The van der Waals surface area contributed by atoms with E-state index in [4.69, 9.17) is 4.74 Å². The minimum absolute atomic E-state index is 0.128. The second-order valence-corrected chi connectivity index (χ2v) is 5.47. The third-order valence-electron chi connectivity index (χ3n) is 3.86. The summed E-state index contributed by atoms with van der Waals surface area (Å²) in [7, 11) is 1.60. The fourth-order valence-electron chi connectivity index (χ4n) is 2.70. The first kappa shape index (κ1) is 14.7. The first-order valence-electron chi connectivity index (χ1n) is 7.27. The Morgan fingerprint density at radius 3 is 2.82 bits per heavy atom. The van der Waals surface area contributed by atoms with Gasteiger partial charge in [0.2, 0.25) is 0 Å². The average Bonchev–Trinajstić information content (AvgIpc) is 3.04. The molecule has 2 atom stereocenters. The number of amides is 1. The van der Waals surface area contributed by atoms with E-state index in [9.17, 15) is 9.90 Å². The van der Waals surface area contributed by atoms with Crippen LogP contribution in [0, 0.1) is 0 Å². The number of carbonyl (C=O) groups excluding carboxylic acids is 1. The quantitative estimate of drug-likeness (QED) is 0.921. The van der Waals surface area contributed by atoms with Crippen molar-refractivity contribution in [1.29, 1.82) is 0 Å². The van der Waals surface area contributed by atoms with E-state index in [0.717, 1.165) is 5.69 Å². The number of hydrogen-bond acceptors (Lipinski definition) is 4. The van der Waals surface area contributed by atoms with E-state index >= 15 is 0 Å². The predicted octanol–water partition coefficient (Wildman–Crippen LogP) is 1.09. The number of aliphatic hydroxyl groups is 1. The molecule has 116 valence electrons. The SMILES string of the molecule is CO[C@H]1C[C@H](O)CN(C(=O)c2cnn(-c3ccccc3)c2)C1. The summed E-state index contributed by atoms with van der Waals surface area (Å²) in [5.74, 6) is -0.136. The molecule has 6 nitrogen and oxygen atoms in total. The number of rotatable bonds is 3. The average molecular weight is 301 g/mol. The molecule has 1 amide bonds. The number of likely N-dealkylation sites (tertiary alicyclic amines) is 1. The van der Waals surface area contributed by atoms with Gasteiger partial charge in [0.15, 0.2) is 0 Å². The van der Waals surface area contributed by atoms with Crippen molar-refractivity contribution < 1.29 is 14.6 Å². The molecule has 1 aromatic heterocycles. The van der Waals surface area contributed by atoms with E-state index < -0.39 is 6.10 Å². The molecular weight excluding hydrogens is 282 g/mol. The molecule has 0 unspecified atom stereocenters. The molecule has 0 aliphatic carbocycles. The Balaban J connectivity index is 1.77. The molecule has 0 spiro atoms. The molecule has 1 N–H and O–H groups in total. The Labute approximate surface area is 128 Å². The summed E-state index contributed by atoms with van der Waals surface area (Å²) in [5, 5.41) is 14.1. The van der Waals surface area contributed by atoms with Gasteiger partial charge in [0.1, 0.15) is 0 Å². The van der Waals surface area contributed by atoms with Crippen LogP contribution in [0.1, 0.15) is 16.8 Å². The molecule has 1 aliphatic rings. The van der Waals surface area contributed by atoms with Gasteiger partial charge in [-0.05, 0) is 12.1 Å². The lowest BCUT2D eigenvalue weighted by Gasteiger charge is -2.34. The minimum Gasteiger partial charge on any atom is -0.391 e. The van der Waals surface area contributed by atoms with Crippen molar-refractivity contribution in [2.24, 2.45) is 0 Å². The molecule has 0 radical (unpaired) electrons. The lowest BCUT2D eigenvalue weighted by atomic mass is 10.0. The highest BCUT2D eigenvalue weighted by Crippen LogP contribution is 2.17. The monoisotopic (exact) mass is 301 g/mol. The van der Waals surface area contributed by atoms with Crippen LogP contribution in [0.5, 0.6) is 0 Å². The number of piperidine rings is 1. The summed E-state index contributed by atoms with van der Waals surface area (Å²) in [5.41, 5.74) is 1.41. The van der Waals surface area contributed by atoms with Gasteiger partial charge in [-0.25, -0.2) is 4.68 Å². The summed E-state index contributed by atoms with van der Waals surface area (Å²) in [6.07, 6.45) is 3.14. The van der Waals surface area contributed by atoms with Crippen LogP contribution < -0.4 is 0 Å². The second-order valence-electron chi connectivity index (χ2n) is 5.47. The molecule has 22 heavy (non-hydrogen) atoms. The number of carbonyl (C=O) groups is 1. The summed E-state index contributed by atoms with van der Waals surface area (Å²) in [4.78, 5) is 14.2. The van der Waals surface area contributed by atoms with Crippen LogP contribution in [0.2, 0.25) is 0 Å². The Bertz CT molecular complexity index is 641. The smallest absolute Gasteiger partial charge is 0.257 e. The van der Waals surface area contributed by atoms with Crippen molar-refractivity contribution in [3.63, 3.8) is 0 Å². The van der Waals surface area contributed by atoms with Crippen LogP contribution in [0.4, 0.5) is 0 Å². The Morgan fingerprint density at radius 1 is 1.32 bits per heavy atom. The van der Waals surface area contributed by atoms with Gasteiger partial charge >= 0.3 is 0 Å². The van der Waals surface area contributed by atoms with Gasteiger partial charge in [-0.15, -0.1) is 0 Å². The van der Waals surface area contributed by atoms with Crippen LogP contribution in [-0.4, -0.2) is 58.1 Å². The molecule has 1 fully saturated rings. The van der Waals surface area contributed by atoms with Crippen LogP contribution in [-0.2, 0) is 4.74 Å². The summed E-state index contributed by atoms with van der Waals surface area (Å²) >= 11 is 0. The van der Waals surface area contributed by atoms with Crippen LogP contribution in [0.3, 0.4) is 0 Å². The van der Waals surface area contributed by atoms with Crippen molar-refractivity contribution in [2.45, 2.75) is 18.6 Å². The molecule has 0 saturated carbocycles. The van der Waals surface area contributed by atoms with Crippen LogP contribution >= 0.6 is 0 Å². The molecular formula is C16H19N3O3. The van der Waals surface area contributed by atoms with Crippen LogP contribution in [0.15, 0.2) is 42.7 Å². The van der Waals surface area contributed by atoms with Gasteiger partial charge in [0.05, 0.1) is 29.7 Å². The van der Waals surface area contributed by atoms with Gasteiger partial charge in [-0.3, -0.25) is 4.79 Å². The number of methoxy groups -OCH3 is 1. The topological polar surface area (TPSA) is 67.6 Å². The van der Waals surface area contributed by atoms with Gasteiger partial charge in [0.25, 0.3) is 5.91 Å². The van der Waals surface area contributed by atoms with Crippen molar-refractivity contribution in [3.05, 3.63) is 48.3 Å². The lowest BCUT2D eigenvalue weighted by molar-refractivity contribution is -0.0224. The van der Waals surface area contributed by atoms with Gasteiger partial charge in [-0.2, -0.15) is 5.10 Å². The number of hydrogen-bond donors (Lipinski definition) is 1. The zero-order chi connectivity index (χ0) is 15.5. The molecule has 1 saturated heterocycles. The zero-order valence-corrected chi connectivity index (χ0v) is 12.4. The third-order valence-corrected chi connectivity index (χ3v) is 3.86. The zero-order valence-electron chi connectivity index (χ0n) is 12.4. The van der Waals surface area contributed by atoms with Crippen molar-refractivity contribution in [1.82, 2.24) is 14.7 Å². The van der Waals surface area contributed by atoms with E-state index in [1.807, 2.05) is 30.3 Å². The highest BCUT2D eigenvalue weighted by molar-refractivity contribution is 5.94. The maximum absolute atomic E-state index is 12.6. The standard InChI is InChI=1S/C16H19N3O3/c1-22-15-7-14(20)10-18(11-15)16(21)12-8-17-19(9-12)13-5-3-2-4-6-13/h2-6,8-9,14-15,20H,7,10-11H2,1H3/t14-,15-/m0/s1. The minimum atomic E-state index is -0.549.